The normalized spacial score (nSPS) is 21.4. The molecule has 3 aliphatic rings. The molecule has 0 amide bonds. The molecular formula is C25H22N2O3. The van der Waals surface area contributed by atoms with Crippen molar-refractivity contribution in [2.45, 2.75) is 25.6 Å². The third kappa shape index (κ3) is 2.81. The first kappa shape index (κ1) is 17.4. The Morgan fingerprint density at radius 2 is 1.73 bits per heavy atom. The maximum absolute atomic E-state index is 6.44. The predicted octanol–water partition coefficient (Wildman–Crippen LogP) is 5.01. The van der Waals surface area contributed by atoms with Gasteiger partial charge in [0.15, 0.2) is 11.5 Å². The molecule has 3 aromatic carbocycles. The maximum Gasteiger partial charge on any atom is 0.213 e. The fourth-order valence-corrected chi connectivity index (χ4v) is 4.48. The van der Waals surface area contributed by atoms with Crippen molar-refractivity contribution < 1.29 is 14.2 Å². The number of hydrogen-bond donors (Lipinski definition) is 0. The SMILES string of the molecule is Cc1cccc([C@@H]2Oc3ccccc3[C@H]3CC(c4ccc5c(c4)OCCO5)=NN32)c1. The van der Waals surface area contributed by atoms with Crippen LogP contribution in [0.25, 0.3) is 0 Å². The molecule has 5 heteroatoms. The number of benzene rings is 3. The molecule has 3 aromatic rings. The molecule has 2 atom stereocenters. The molecule has 0 saturated heterocycles. The number of hydrazone groups is 1. The molecule has 0 unspecified atom stereocenters. The average Bonchev–Trinajstić information content (AvgIpc) is 3.24. The van der Waals surface area contributed by atoms with Gasteiger partial charge in [-0.15, -0.1) is 0 Å². The van der Waals surface area contributed by atoms with E-state index in [1.807, 2.05) is 18.2 Å². The van der Waals surface area contributed by atoms with Gasteiger partial charge in [0.25, 0.3) is 0 Å². The highest BCUT2D eigenvalue weighted by Gasteiger charge is 2.41. The summed E-state index contributed by atoms with van der Waals surface area (Å²) in [5, 5.41) is 7.16. The molecule has 6 rings (SSSR count). The Hall–Kier alpha value is -3.47. The lowest BCUT2D eigenvalue weighted by Crippen LogP contribution is -2.33. The molecule has 30 heavy (non-hydrogen) atoms. The molecule has 3 aliphatic heterocycles. The summed E-state index contributed by atoms with van der Waals surface area (Å²) >= 11 is 0. The van der Waals surface area contributed by atoms with E-state index >= 15 is 0 Å². The smallest absolute Gasteiger partial charge is 0.213 e. The van der Waals surface area contributed by atoms with Crippen LogP contribution in [0.3, 0.4) is 0 Å². The maximum atomic E-state index is 6.44. The van der Waals surface area contributed by atoms with Gasteiger partial charge in [-0.2, -0.15) is 5.10 Å². The van der Waals surface area contributed by atoms with E-state index in [-0.39, 0.29) is 12.3 Å². The van der Waals surface area contributed by atoms with Crippen LogP contribution in [0, 0.1) is 6.92 Å². The summed E-state index contributed by atoms with van der Waals surface area (Å²) in [5.74, 6) is 2.52. The number of para-hydroxylation sites is 1. The molecule has 0 saturated carbocycles. The minimum Gasteiger partial charge on any atom is -0.486 e. The molecule has 0 aliphatic carbocycles. The van der Waals surface area contributed by atoms with Gasteiger partial charge in [-0.25, -0.2) is 5.01 Å². The largest absolute Gasteiger partial charge is 0.486 e. The van der Waals surface area contributed by atoms with Gasteiger partial charge in [-0.3, -0.25) is 0 Å². The quantitative estimate of drug-likeness (QED) is 0.609. The van der Waals surface area contributed by atoms with E-state index in [0.717, 1.165) is 40.5 Å². The summed E-state index contributed by atoms with van der Waals surface area (Å²) in [6.45, 7) is 3.27. The molecule has 0 aromatic heterocycles. The summed E-state index contributed by atoms with van der Waals surface area (Å²) < 4.78 is 17.9. The van der Waals surface area contributed by atoms with Crippen LogP contribution in [0.5, 0.6) is 17.2 Å². The van der Waals surface area contributed by atoms with Crippen molar-refractivity contribution in [3.05, 3.63) is 89.0 Å². The highest BCUT2D eigenvalue weighted by Crippen LogP contribution is 2.47. The zero-order valence-electron chi connectivity index (χ0n) is 16.7. The number of nitrogens with zero attached hydrogens (tertiary/aromatic N) is 2. The molecule has 3 heterocycles. The van der Waals surface area contributed by atoms with Crippen LogP contribution in [0.15, 0.2) is 71.8 Å². The van der Waals surface area contributed by atoms with Crippen molar-refractivity contribution in [1.82, 2.24) is 5.01 Å². The lowest BCUT2D eigenvalue weighted by molar-refractivity contribution is -0.0190. The fourth-order valence-electron chi connectivity index (χ4n) is 4.48. The van der Waals surface area contributed by atoms with Gasteiger partial charge in [-0.1, -0.05) is 48.0 Å². The summed E-state index contributed by atoms with van der Waals surface area (Å²) in [7, 11) is 0. The van der Waals surface area contributed by atoms with Crippen LogP contribution < -0.4 is 14.2 Å². The lowest BCUT2D eigenvalue weighted by atomic mass is 9.95. The van der Waals surface area contributed by atoms with Gasteiger partial charge in [0.2, 0.25) is 6.23 Å². The third-order valence-corrected chi connectivity index (χ3v) is 5.90. The second-order valence-corrected chi connectivity index (χ2v) is 7.93. The summed E-state index contributed by atoms with van der Waals surface area (Å²) in [6.07, 6.45) is 0.571. The monoisotopic (exact) mass is 398 g/mol. The molecule has 0 N–H and O–H groups in total. The highest BCUT2D eigenvalue weighted by atomic mass is 16.6. The Morgan fingerprint density at radius 1 is 0.867 bits per heavy atom. The van der Waals surface area contributed by atoms with E-state index in [1.165, 1.54) is 11.1 Å². The van der Waals surface area contributed by atoms with Crippen LogP contribution >= 0.6 is 0 Å². The number of rotatable bonds is 2. The van der Waals surface area contributed by atoms with Gasteiger partial charge in [0, 0.05) is 23.1 Å². The van der Waals surface area contributed by atoms with Crippen molar-refractivity contribution in [3.63, 3.8) is 0 Å². The Balaban J connectivity index is 1.42. The second-order valence-electron chi connectivity index (χ2n) is 7.93. The van der Waals surface area contributed by atoms with E-state index < -0.39 is 0 Å². The minimum atomic E-state index is -0.250. The van der Waals surface area contributed by atoms with Gasteiger partial charge in [0.1, 0.15) is 19.0 Å². The van der Waals surface area contributed by atoms with Crippen molar-refractivity contribution >= 4 is 5.71 Å². The third-order valence-electron chi connectivity index (χ3n) is 5.90. The topological polar surface area (TPSA) is 43.3 Å². The van der Waals surface area contributed by atoms with Crippen LogP contribution in [-0.4, -0.2) is 23.9 Å². The van der Waals surface area contributed by atoms with Crippen molar-refractivity contribution in [2.75, 3.05) is 13.2 Å². The minimum absolute atomic E-state index is 0.142. The van der Waals surface area contributed by atoms with Gasteiger partial charge in [0.05, 0.1) is 11.8 Å². The van der Waals surface area contributed by atoms with Gasteiger partial charge < -0.3 is 14.2 Å². The molecule has 0 radical (unpaired) electrons. The van der Waals surface area contributed by atoms with Crippen LogP contribution in [-0.2, 0) is 0 Å². The van der Waals surface area contributed by atoms with Gasteiger partial charge >= 0.3 is 0 Å². The zero-order chi connectivity index (χ0) is 20.1. The molecule has 0 spiro atoms. The lowest BCUT2D eigenvalue weighted by Gasteiger charge is -2.38. The van der Waals surface area contributed by atoms with Gasteiger partial charge in [-0.05, 0) is 31.2 Å². The summed E-state index contributed by atoms with van der Waals surface area (Å²) in [6, 6.07) is 23.0. The van der Waals surface area contributed by atoms with Crippen molar-refractivity contribution in [1.29, 1.82) is 0 Å². The molecule has 0 fully saturated rings. The van der Waals surface area contributed by atoms with Crippen molar-refractivity contribution in [3.8, 4) is 17.2 Å². The number of ether oxygens (including phenoxy) is 3. The van der Waals surface area contributed by atoms with E-state index in [4.69, 9.17) is 19.3 Å². The second kappa shape index (κ2) is 6.80. The Bertz CT molecular complexity index is 1160. The number of aryl methyl sites for hydroxylation is 1. The Kier molecular flexibility index (Phi) is 3.94. The van der Waals surface area contributed by atoms with E-state index in [2.05, 4.69) is 60.5 Å². The molecule has 0 bridgehead atoms. The first-order valence-corrected chi connectivity index (χ1v) is 10.3. The first-order chi connectivity index (χ1) is 14.8. The Labute approximate surface area is 175 Å². The number of fused-ring (bicyclic) bond motifs is 4. The zero-order valence-corrected chi connectivity index (χ0v) is 16.7. The first-order valence-electron chi connectivity index (χ1n) is 10.3. The van der Waals surface area contributed by atoms with Crippen LogP contribution in [0.4, 0.5) is 0 Å². The summed E-state index contributed by atoms with van der Waals surface area (Å²) in [5.41, 5.74) is 5.60. The highest BCUT2D eigenvalue weighted by molar-refractivity contribution is 6.02. The fraction of sp³-hybridized carbons (Fsp3) is 0.240. The molecule has 150 valence electrons. The molecular weight excluding hydrogens is 376 g/mol. The number of hydrogen-bond acceptors (Lipinski definition) is 5. The van der Waals surface area contributed by atoms with Crippen LogP contribution in [0.1, 0.15) is 40.9 Å². The standard InChI is InChI=1S/C25H22N2O3/c1-16-5-4-6-18(13-16)25-27-21(19-7-2-3-8-22(19)30-25)15-20(26-27)17-9-10-23-24(14-17)29-12-11-28-23/h2-10,13-14,21,25H,11-12,15H2,1H3/t21-,25+/m1/s1. The van der Waals surface area contributed by atoms with E-state index in [0.29, 0.717) is 13.2 Å². The van der Waals surface area contributed by atoms with E-state index in [9.17, 15) is 0 Å². The Morgan fingerprint density at radius 3 is 2.63 bits per heavy atom. The summed E-state index contributed by atoms with van der Waals surface area (Å²) in [4.78, 5) is 0. The predicted molar refractivity (Wildman–Crippen MR) is 114 cm³/mol. The van der Waals surface area contributed by atoms with Crippen molar-refractivity contribution in [2.24, 2.45) is 5.10 Å². The van der Waals surface area contributed by atoms with Crippen LogP contribution in [0.2, 0.25) is 0 Å². The van der Waals surface area contributed by atoms with E-state index in [1.54, 1.807) is 0 Å². The average molecular weight is 398 g/mol. The molecule has 5 nitrogen and oxygen atoms in total.